The summed E-state index contributed by atoms with van der Waals surface area (Å²) in [5.74, 6) is 0. The van der Waals surface area contributed by atoms with Gasteiger partial charge in [-0.15, -0.1) is 52.2 Å². The van der Waals surface area contributed by atoms with Crippen molar-refractivity contribution in [1.82, 2.24) is 4.98 Å². The first kappa shape index (κ1) is 23.1. The second kappa shape index (κ2) is 9.73. The van der Waals surface area contributed by atoms with Crippen LogP contribution in [0.25, 0.3) is 27.8 Å². The monoisotopic (exact) mass is 330 g/mol. The summed E-state index contributed by atoms with van der Waals surface area (Å²) < 4.78 is 0. The summed E-state index contributed by atoms with van der Waals surface area (Å²) >= 11 is 0. The van der Waals surface area contributed by atoms with Gasteiger partial charge in [-0.25, -0.2) is 0 Å². The summed E-state index contributed by atoms with van der Waals surface area (Å²) in [4.78, 5) is 3.23. The van der Waals surface area contributed by atoms with Crippen molar-refractivity contribution in [1.29, 1.82) is 0 Å². The first-order valence-corrected chi connectivity index (χ1v) is 6.48. The molecule has 0 amide bonds. The summed E-state index contributed by atoms with van der Waals surface area (Å²) in [7, 11) is 0. The van der Waals surface area contributed by atoms with E-state index in [0.29, 0.717) is 0 Å². The molecule has 0 saturated heterocycles. The number of H-pyrrole nitrogens is 1. The van der Waals surface area contributed by atoms with E-state index >= 15 is 0 Å². The van der Waals surface area contributed by atoms with Crippen LogP contribution < -0.4 is 0 Å². The average molecular weight is 330 g/mol. The van der Waals surface area contributed by atoms with Gasteiger partial charge in [-0.2, -0.15) is 0 Å². The van der Waals surface area contributed by atoms with Crippen molar-refractivity contribution in [2.75, 3.05) is 0 Å². The van der Waals surface area contributed by atoms with E-state index in [9.17, 15) is 0 Å². The Hall–Kier alpha value is -1.22. The van der Waals surface area contributed by atoms with Crippen molar-refractivity contribution in [2.24, 2.45) is 0 Å². The average Bonchev–Trinajstić information content (AvgIpc) is 2.95. The Kier molecular flexibility index (Phi) is 10.2. The van der Waals surface area contributed by atoms with Gasteiger partial charge in [0, 0.05) is 6.20 Å². The molecule has 0 fully saturated rings. The van der Waals surface area contributed by atoms with Crippen molar-refractivity contribution >= 4 is 10.8 Å². The fourth-order valence-electron chi connectivity index (χ4n) is 1.88. The van der Waals surface area contributed by atoms with Gasteiger partial charge in [0.05, 0.1) is 0 Å². The molecule has 2 nitrogen and oxygen atoms in total. The Morgan fingerprint density at radius 3 is 2.14 bits per heavy atom. The Morgan fingerprint density at radius 2 is 1.59 bits per heavy atom. The minimum Gasteiger partial charge on any atom is -0.673 e. The number of hydrogen-bond donors (Lipinski definition) is 1. The summed E-state index contributed by atoms with van der Waals surface area (Å²) in [5, 5.41) is 2.62. The summed E-state index contributed by atoms with van der Waals surface area (Å²) in [6.45, 7) is 5.56. The molecule has 3 rings (SSSR count). The van der Waals surface area contributed by atoms with Gasteiger partial charge >= 0.3 is 21.7 Å². The number of aromatic nitrogens is 1. The number of nitrogens with one attached hydrogen (secondary N) is 2. The first-order valence-electron chi connectivity index (χ1n) is 6.48. The first-order chi connectivity index (χ1) is 8.95. The predicted octanol–water partition coefficient (Wildman–Crippen LogP) is 6.29. The molecular formula is C19H26N2Ti. The van der Waals surface area contributed by atoms with Gasteiger partial charge < -0.3 is 25.6 Å². The van der Waals surface area contributed by atoms with Crippen molar-refractivity contribution < 1.29 is 21.7 Å². The molecule has 22 heavy (non-hydrogen) atoms. The fourth-order valence-corrected chi connectivity index (χ4v) is 1.88. The Balaban J connectivity index is 0. The van der Waals surface area contributed by atoms with Crippen LogP contribution >= 0.6 is 0 Å². The van der Waals surface area contributed by atoms with Crippen LogP contribution in [0.1, 0.15) is 20.8 Å². The third-order valence-electron chi connectivity index (χ3n) is 2.57. The van der Waals surface area contributed by atoms with Crippen molar-refractivity contribution in [3.63, 3.8) is 0 Å². The molecule has 0 atom stereocenters. The molecule has 2 N–H and O–H groups in total. The zero-order valence-corrected chi connectivity index (χ0v) is 15.8. The van der Waals surface area contributed by atoms with Gasteiger partial charge in [0.1, 0.15) is 0 Å². The number of hydrogen-bond acceptors (Lipinski definition) is 0. The van der Waals surface area contributed by atoms with Crippen LogP contribution in [-0.2, 0) is 21.7 Å². The van der Waals surface area contributed by atoms with E-state index in [2.05, 4.69) is 47.4 Å². The van der Waals surface area contributed by atoms with Crippen LogP contribution in [0.2, 0.25) is 0 Å². The minimum atomic E-state index is -0.250. The van der Waals surface area contributed by atoms with E-state index in [1.54, 1.807) is 0 Å². The van der Waals surface area contributed by atoms with Crippen molar-refractivity contribution in [3.05, 3.63) is 75.3 Å². The standard InChI is InChI=1S/C13H10N.C4H10N.2CH3.Ti/c1-2-5-11-10(4-1)7-8-12(11)13-6-3-9-14-13;1-4(2,3)5;;;/h1-9,14H;5H,1-3H3;2*1H3;/q4*-1;+4. The van der Waals surface area contributed by atoms with Crippen molar-refractivity contribution in [2.45, 2.75) is 26.3 Å². The van der Waals surface area contributed by atoms with E-state index in [0.717, 1.165) is 0 Å². The van der Waals surface area contributed by atoms with E-state index < -0.39 is 0 Å². The molecule has 3 aromatic rings. The van der Waals surface area contributed by atoms with Crippen LogP contribution in [0.15, 0.2) is 54.7 Å². The summed E-state index contributed by atoms with van der Waals surface area (Å²) in [5.41, 5.74) is 9.16. The molecule has 0 spiro atoms. The van der Waals surface area contributed by atoms with Gasteiger partial charge in [-0.3, -0.25) is 0 Å². The third kappa shape index (κ3) is 6.70. The topological polar surface area (TPSA) is 39.6 Å². The summed E-state index contributed by atoms with van der Waals surface area (Å²) in [6, 6.07) is 16.9. The molecule has 2 aromatic carbocycles. The molecule has 0 unspecified atom stereocenters. The largest absolute Gasteiger partial charge is 4.00 e. The van der Waals surface area contributed by atoms with Gasteiger partial charge in [-0.1, -0.05) is 26.8 Å². The van der Waals surface area contributed by atoms with Gasteiger partial charge in [-0.05, 0) is 17.8 Å². The number of benzene rings is 1. The number of aromatic amines is 1. The van der Waals surface area contributed by atoms with Crippen LogP contribution in [0.3, 0.4) is 0 Å². The Labute approximate surface area is 150 Å². The smallest absolute Gasteiger partial charge is 0.673 e. The maximum absolute atomic E-state index is 6.94. The quantitative estimate of drug-likeness (QED) is 0.402. The minimum absolute atomic E-state index is 0. The Morgan fingerprint density at radius 1 is 1.00 bits per heavy atom. The zero-order chi connectivity index (χ0) is 13.9. The van der Waals surface area contributed by atoms with Gasteiger partial charge in [0.2, 0.25) is 0 Å². The number of fused-ring (bicyclic) bond motifs is 1. The normalized spacial score (nSPS) is 9.64. The second-order valence-electron chi connectivity index (χ2n) is 5.67. The van der Waals surface area contributed by atoms with Gasteiger partial charge in [0.25, 0.3) is 0 Å². The molecule has 0 saturated carbocycles. The molecule has 116 valence electrons. The zero-order valence-electron chi connectivity index (χ0n) is 14.2. The third-order valence-corrected chi connectivity index (χ3v) is 2.57. The molecule has 0 aliphatic heterocycles. The van der Waals surface area contributed by atoms with E-state index in [1.165, 1.54) is 22.0 Å². The number of rotatable bonds is 1. The molecule has 0 aliphatic rings. The van der Waals surface area contributed by atoms with E-state index in [-0.39, 0.29) is 42.1 Å². The fraction of sp³-hybridized carbons (Fsp3) is 0.211. The molecule has 0 bridgehead atoms. The van der Waals surface area contributed by atoms with Crippen LogP contribution in [0.4, 0.5) is 0 Å². The van der Waals surface area contributed by atoms with Crippen LogP contribution in [-0.4, -0.2) is 10.5 Å². The van der Waals surface area contributed by atoms with Gasteiger partial charge in [0.15, 0.2) is 0 Å². The maximum Gasteiger partial charge on any atom is 4.00 e. The summed E-state index contributed by atoms with van der Waals surface area (Å²) in [6.07, 6.45) is 1.96. The molecule has 1 aromatic heterocycles. The predicted molar refractivity (Wildman–Crippen MR) is 96.2 cm³/mol. The van der Waals surface area contributed by atoms with E-state index in [1.807, 2.05) is 33.0 Å². The maximum atomic E-state index is 6.94. The second-order valence-corrected chi connectivity index (χ2v) is 5.67. The molecule has 0 radical (unpaired) electrons. The molecular weight excluding hydrogens is 304 g/mol. The Bertz CT molecular complexity index is 625. The van der Waals surface area contributed by atoms with Crippen LogP contribution in [0, 0.1) is 14.9 Å². The molecule has 3 heteroatoms. The SMILES string of the molecule is CC(C)(C)[NH-].[CH3-].[CH3-].[Ti+4].c1c[nH]c(-c2c[cH-]c3ccccc23)c1. The van der Waals surface area contributed by atoms with Crippen LogP contribution in [0.5, 0.6) is 0 Å². The van der Waals surface area contributed by atoms with E-state index in [4.69, 9.17) is 5.73 Å². The van der Waals surface area contributed by atoms with Crippen molar-refractivity contribution in [3.8, 4) is 11.3 Å². The molecule has 1 heterocycles. The molecule has 0 aliphatic carbocycles.